The average molecular weight is 319 g/mol. The SMILES string of the molecule is CCN(CC)C(=O)C(=Cc1c[nH]c2ncccc12)c1ccccc1. The van der Waals surface area contributed by atoms with Gasteiger partial charge >= 0.3 is 0 Å². The number of pyridine rings is 1. The van der Waals surface area contributed by atoms with Gasteiger partial charge in [0.25, 0.3) is 5.91 Å². The molecule has 0 aliphatic rings. The van der Waals surface area contributed by atoms with Crippen molar-refractivity contribution in [3.8, 4) is 0 Å². The maximum Gasteiger partial charge on any atom is 0.254 e. The lowest BCUT2D eigenvalue weighted by Crippen LogP contribution is -2.31. The minimum absolute atomic E-state index is 0.0458. The number of aromatic nitrogens is 2. The number of fused-ring (bicyclic) bond motifs is 1. The highest BCUT2D eigenvalue weighted by Crippen LogP contribution is 2.24. The molecule has 0 atom stereocenters. The van der Waals surface area contributed by atoms with Crippen LogP contribution in [0.5, 0.6) is 0 Å². The highest BCUT2D eigenvalue weighted by Gasteiger charge is 2.18. The lowest BCUT2D eigenvalue weighted by molar-refractivity contribution is -0.124. The molecule has 4 heteroatoms. The molecule has 1 aromatic carbocycles. The van der Waals surface area contributed by atoms with Crippen LogP contribution in [0.4, 0.5) is 0 Å². The molecule has 1 N–H and O–H groups in total. The summed E-state index contributed by atoms with van der Waals surface area (Å²) in [4.78, 5) is 22.3. The maximum atomic E-state index is 13.0. The van der Waals surface area contributed by atoms with E-state index in [4.69, 9.17) is 0 Å². The van der Waals surface area contributed by atoms with E-state index in [2.05, 4.69) is 9.97 Å². The molecule has 0 aliphatic heterocycles. The molecule has 0 unspecified atom stereocenters. The predicted octanol–water partition coefficient (Wildman–Crippen LogP) is 3.97. The van der Waals surface area contributed by atoms with Crippen LogP contribution in [0.2, 0.25) is 0 Å². The van der Waals surface area contributed by atoms with E-state index >= 15 is 0 Å². The van der Waals surface area contributed by atoms with Crippen molar-refractivity contribution in [3.05, 3.63) is 66.0 Å². The summed E-state index contributed by atoms with van der Waals surface area (Å²) in [5, 5.41) is 1.01. The minimum Gasteiger partial charge on any atom is -0.346 e. The second kappa shape index (κ2) is 7.13. The van der Waals surface area contributed by atoms with Gasteiger partial charge in [0.2, 0.25) is 0 Å². The first-order chi connectivity index (χ1) is 11.7. The van der Waals surface area contributed by atoms with Gasteiger partial charge in [-0.15, -0.1) is 0 Å². The number of H-pyrrole nitrogens is 1. The van der Waals surface area contributed by atoms with Crippen molar-refractivity contribution in [3.63, 3.8) is 0 Å². The third-order valence-electron chi connectivity index (χ3n) is 4.15. The molecule has 2 aromatic heterocycles. The molecule has 122 valence electrons. The summed E-state index contributed by atoms with van der Waals surface area (Å²) in [6.07, 6.45) is 5.61. The number of nitrogens with one attached hydrogen (secondary N) is 1. The van der Waals surface area contributed by atoms with E-state index < -0.39 is 0 Å². The number of carbonyl (C=O) groups excluding carboxylic acids is 1. The molecule has 0 fully saturated rings. The van der Waals surface area contributed by atoms with Crippen LogP contribution in [0.15, 0.2) is 54.9 Å². The van der Waals surface area contributed by atoms with Crippen molar-refractivity contribution in [2.45, 2.75) is 13.8 Å². The summed E-state index contributed by atoms with van der Waals surface area (Å²) in [7, 11) is 0. The van der Waals surface area contributed by atoms with Crippen LogP contribution in [0.3, 0.4) is 0 Å². The van der Waals surface area contributed by atoms with Crippen molar-refractivity contribution in [1.82, 2.24) is 14.9 Å². The molecule has 0 aliphatic carbocycles. The highest BCUT2D eigenvalue weighted by molar-refractivity contribution is 6.24. The Hall–Kier alpha value is -2.88. The Morgan fingerprint density at radius 3 is 2.58 bits per heavy atom. The van der Waals surface area contributed by atoms with Crippen LogP contribution in [0.1, 0.15) is 25.0 Å². The van der Waals surface area contributed by atoms with Crippen molar-refractivity contribution < 1.29 is 4.79 Å². The Kier molecular flexibility index (Phi) is 4.75. The largest absolute Gasteiger partial charge is 0.346 e. The van der Waals surface area contributed by atoms with Crippen molar-refractivity contribution in [2.75, 3.05) is 13.1 Å². The summed E-state index contributed by atoms with van der Waals surface area (Å²) in [5.41, 5.74) is 3.42. The molecule has 0 saturated heterocycles. The molecule has 0 radical (unpaired) electrons. The molecule has 0 saturated carbocycles. The summed E-state index contributed by atoms with van der Waals surface area (Å²) < 4.78 is 0. The van der Waals surface area contributed by atoms with Gasteiger partial charge in [0.1, 0.15) is 5.65 Å². The first-order valence-corrected chi connectivity index (χ1v) is 8.23. The molecular formula is C20H21N3O. The zero-order chi connectivity index (χ0) is 16.9. The van der Waals surface area contributed by atoms with Crippen LogP contribution in [0, 0.1) is 0 Å². The number of aromatic amines is 1. The first kappa shape index (κ1) is 16.0. The summed E-state index contributed by atoms with van der Waals surface area (Å²) >= 11 is 0. The van der Waals surface area contributed by atoms with Gasteiger partial charge in [0.05, 0.1) is 0 Å². The molecule has 3 rings (SSSR count). The van der Waals surface area contributed by atoms with E-state index in [1.54, 1.807) is 6.20 Å². The number of benzene rings is 1. The third-order valence-corrected chi connectivity index (χ3v) is 4.15. The van der Waals surface area contributed by atoms with Crippen molar-refractivity contribution in [1.29, 1.82) is 0 Å². The predicted molar refractivity (Wildman–Crippen MR) is 98.3 cm³/mol. The lowest BCUT2D eigenvalue weighted by Gasteiger charge is -2.20. The molecule has 0 bridgehead atoms. The van der Waals surface area contributed by atoms with Gasteiger partial charge in [-0.3, -0.25) is 4.79 Å². The number of hydrogen-bond donors (Lipinski definition) is 1. The van der Waals surface area contributed by atoms with Crippen LogP contribution in [0.25, 0.3) is 22.7 Å². The second-order valence-corrected chi connectivity index (χ2v) is 5.55. The van der Waals surface area contributed by atoms with Gasteiger partial charge in [-0.2, -0.15) is 0 Å². The third kappa shape index (κ3) is 3.08. The molecule has 3 aromatic rings. The number of amides is 1. The van der Waals surface area contributed by atoms with Crippen LogP contribution in [-0.2, 0) is 4.79 Å². The van der Waals surface area contributed by atoms with Gasteiger partial charge in [-0.1, -0.05) is 30.3 Å². The smallest absolute Gasteiger partial charge is 0.254 e. The number of likely N-dealkylation sites (N-methyl/N-ethyl adjacent to an activating group) is 1. The molecule has 1 amide bonds. The van der Waals surface area contributed by atoms with Crippen LogP contribution in [-0.4, -0.2) is 33.9 Å². The second-order valence-electron chi connectivity index (χ2n) is 5.55. The topological polar surface area (TPSA) is 49.0 Å². The zero-order valence-electron chi connectivity index (χ0n) is 14.0. The van der Waals surface area contributed by atoms with Crippen LogP contribution < -0.4 is 0 Å². The van der Waals surface area contributed by atoms with E-state index in [-0.39, 0.29) is 5.91 Å². The van der Waals surface area contributed by atoms with Gasteiger partial charge in [0, 0.05) is 42.0 Å². The highest BCUT2D eigenvalue weighted by atomic mass is 16.2. The van der Waals surface area contributed by atoms with Gasteiger partial charge < -0.3 is 9.88 Å². The Morgan fingerprint density at radius 1 is 1.12 bits per heavy atom. The lowest BCUT2D eigenvalue weighted by atomic mass is 10.0. The average Bonchev–Trinajstić information content (AvgIpc) is 3.04. The minimum atomic E-state index is 0.0458. The quantitative estimate of drug-likeness (QED) is 0.723. The normalized spacial score (nSPS) is 11.7. The van der Waals surface area contributed by atoms with Crippen LogP contribution >= 0.6 is 0 Å². The fourth-order valence-corrected chi connectivity index (χ4v) is 2.82. The van der Waals surface area contributed by atoms with Crippen molar-refractivity contribution in [2.24, 2.45) is 0 Å². The molecule has 2 heterocycles. The zero-order valence-corrected chi connectivity index (χ0v) is 14.0. The maximum absolute atomic E-state index is 13.0. The first-order valence-electron chi connectivity index (χ1n) is 8.23. The Balaban J connectivity index is 2.12. The number of nitrogens with zero attached hydrogens (tertiary/aromatic N) is 2. The molecular weight excluding hydrogens is 298 g/mol. The monoisotopic (exact) mass is 319 g/mol. The van der Waals surface area contributed by atoms with E-state index in [0.717, 1.165) is 22.2 Å². The number of rotatable bonds is 5. The Bertz CT molecular complexity index is 861. The molecule has 24 heavy (non-hydrogen) atoms. The number of carbonyl (C=O) groups is 1. The van der Waals surface area contributed by atoms with Gasteiger partial charge in [0.15, 0.2) is 0 Å². The molecule has 4 nitrogen and oxygen atoms in total. The van der Waals surface area contributed by atoms with E-state index in [1.807, 2.05) is 73.5 Å². The van der Waals surface area contributed by atoms with E-state index in [9.17, 15) is 4.79 Å². The van der Waals surface area contributed by atoms with Crippen molar-refractivity contribution >= 4 is 28.6 Å². The standard InChI is InChI=1S/C20H21N3O/c1-3-23(4-2)20(24)18(15-9-6-5-7-10-15)13-16-14-22-19-17(16)11-8-12-21-19/h5-14H,3-4H2,1-2H3,(H,21,22). The Morgan fingerprint density at radius 2 is 1.88 bits per heavy atom. The summed E-state index contributed by atoms with van der Waals surface area (Å²) in [5.74, 6) is 0.0458. The Labute approximate surface area is 141 Å². The summed E-state index contributed by atoms with van der Waals surface area (Å²) in [6.45, 7) is 5.38. The summed E-state index contributed by atoms with van der Waals surface area (Å²) in [6, 6.07) is 13.7. The fourth-order valence-electron chi connectivity index (χ4n) is 2.82. The van der Waals surface area contributed by atoms with Gasteiger partial charge in [-0.25, -0.2) is 4.98 Å². The molecule has 0 spiro atoms. The fraction of sp³-hybridized carbons (Fsp3) is 0.200. The van der Waals surface area contributed by atoms with Gasteiger partial charge in [-0.05, 0) is 37.6 Å². The number of hydrogen-bond acceptors (Lipinski definition) is 2. The van der Waals surface area contributed by atoms with E-state index in [1.165, 1.54) is 0 Å². The van der Waals surface area contributed by atoms with E-state index in [0.29, 0.717) is 18.7 Å².